The van der Waals surface area contributed by atoms with Crippen LogP contribution in [0.1, 0.15) is 26.3 Å². The topological polar surface area (TPSA) is 0 Å². The lowest BCUT2D eigenvalue weighted by molar-refractivity contribution is 1.17. The minimum absolute atomic E-state index is 0.110. The van der Waals surface area contributed by atoms with Gasteiger partial charge in [-0.05, 0) is 53.0 Å². The highest BCUT2D eigenvalue weighted by atomic mass is 79.9. The van der Waals surface area contributed by atoms with Crippen LogP contribution in [0.15, 0.2) is 28.7 Å². The Morgan fingerprint density at radius 3 is 2.47 bits per heavy atom. The van der Waals surface area contributed by atoms with Crippen molar-refractivity contribution in [3.8, 4) is 0 Å². The van der Waals surface area contributed by atoms with E-state index in [0.717, 1.165) is 25.5 Å². The molecule has 0 bridgehead atoms. The molecule has 1 heterocycles. The summed E-state index contributed by atoms with van der Waals surface area (Å²) >= 11 is 17.7. The number of rotatable bonds is 2. The maximum absolute atomic E-state index is 6.49. The molecule has 0 fully saturated rings. The van der Waals surface area contributed by atoms with Crippen LogP contribution in [0.2, 0.25) is 5.02 Å². The average Bonchev–Trinajstić information content (AvgIpc) is 2.62. The summed E-state index contributed by atoms with van der Waals surface area (Å²) in [6, 6.07) is 8.01. The molecule has 0 spiro atoms. The van der Waals surface area contributed by atoms with Crippen molar-refractivity contribution in [2.75, 3.05) is 0 Å². The van der Waals surface area contributed by atoms with E-state index in [2.05, 4.69) is 28.9 Å². The van der Waals surface area contributed by atoms with Gasteiger partial charge in [0, 0.05) is 19.2 Å². The molecule has 1 atom stereocenters. The quantitative estimate of drug-likeness (QED) is 0.574. The maximum Gasteiger partial charge on any atom is 0.0928 e. The SMILES string of the molecule is Cc1cc(C(Cl)c2cc(Br)c(C)s2)ccc1Cl. The first-order valence-corrected chi connectivity index (χ1v) is 7.57. The number of halogens is 3. The smallest absolute Gasteiger partial charge is 0.0928 e. The van der Waals surface area contributed by atoms with E-state index in [4.69, 9.17) is 23.2 Å². The van der Waals surface area contributed by atoms with E-state index in [1.54, 1.807) is 11.3 Å². The number of benzene rings is 1. The second-order valence-corrected chi connectivity index (χ2v) is 6.91. The van der Waals surface area contributed by atoms with Gasteiger partial charge >= 0.3 is 0 Å². The first kappa shape index (κ1) is 13.4. The third-order valence-electron chi connectivity index (χ3n) is 2.60. The molecule has 17 heavy (non-hydrogen) atoms. The van der Waals surface area contributed by atoms with Crippen molar-refractivity contribution in [2.45, 2.75) is 19.2 Å². The molecule has 0 amide bonds. The van der Waals surface area contributed by atoms with Gasteiger partial charge in [0.2, 0.25) is 0 Å². The van der Waals surface area contributed by atoms with Crippen LogP contribution in [0.5, 0.6) is 0 Å². The van der Waals surface area contributed by atoms with Gasteiger partial charge in [-0.25, -0.2) is 0 Å². The first-order chi connectivity index (χ1) is 7.99. The zero-order valence-electron chi connectivity index (χ0n) is 9.43. The van der Waals surface area contributed by atoms with Crippen molar-refractivity contribution in [3.63, 3.8) is 0 Å². The van der Waals surface area contributed by atoms with E-state index < -0.39 is 0 Å². The molecule has 0 aliphatic heterocycles. The molecule has 0 saturated carbocycles. The Labute approximate surface area is 124 Å². The van der Waals surface area contributed by atoms with Crippen molar-refractivity contribution in [1.29, 1.82) is 0 Å². The van der Waals surface area contributed by atoms with Gasteiger partial charge in [-0.2, -0.15) is 0 Å². The minimum Gasteiger partial charge on any atom is -0.143 e. The summed E-state index contributed by atoms with van der Waals surface area (Å²) in [6.45, 7) is 4.07. The molecule has 2 rings (SSSR count). The van der Waals surface area contributed by atoms with Crippen LogP contribution >= 0.6 is 50.5 Å². The molecular formula is C13H11BrCl2S. The van der Waals surface area contributed by atoms with Gasteiger partial charge in [0.1, 0.15) is 0 Å². The highest BCUT2D eigenvalue weighted by Gasteiger charge is 2.15. The van der Waals surface area contributed by atoms with Crippen LogP contribution in [-0.4, -0.2) is 0 Å². The average molecular weight is 350 g/mol. The third kappa shape index (κ3) is 2.87. The van der Waals surface area contributed by atoms with Crippen molar-refractivity contribution in [3.05, 3.63) is 54.6 Å². The van der Waals surface area contributed by atoms with E-state index in [9.17, 15) is 0 Å². The van der Waals surface area contributed by atoms with E-state index in [0.29, 0.717) is 0 Å². The van der Waals surface area contributed by atoms with Crippen molar-refractivity contribution >= 4 is 50.5 Å². The number of hydrogen-bond donors (Lipinski definition) is 0. The summed E-state index contributed by atoms with van der Waals surface area (Å²) in [4.78, 5) is 2.40. The Kier molecular flexibility index (Phi) is 4.19. The molecule has 0 radical (unpaired) electrons. The molecular weight excluding hydrogens is 339 g/mol. The maximum atomic E-state index is 6.49. The molecule has 4 heteroatoms. The Morgan fingerprint density at radius 2 is 1.94 bits per heavy atom. The monoisotopic (exact) mass is 348 g/mol. The summed E-state index contributed by atoms with van der Waals surface area (Å²) in [5.74, 6) is 0. The molecule has 1 unspecified atom stereocenters. The standard InChI is InChI=1S/C13H11BrCl2S/c1-7-5-9(3-4-11(7)15)13(16)12-6-10(14)8(2)17-12/h3-6,13H,1-2H3. The zero-order chi connectivity index (χ0) is 12.6. The Morgan fingerprint density at radius 1 is 1.24 bits per heavy atom. The summed E-state index contributed by atoms with van der Waals surface area (Å²) in [5, 5.41) is 0.669. The van der Waals surface area contributed by atoms with Crippen LogP contribution in [0.4, 0.5) is 0 Å². The predicted molar refractivity (Wildman–Crippen MR) is 80.6 cm³/mol. The lowest BCUT2D eigenvalue weighted by Crippen LogP contribution is -1.91. The number of aryl methyl sites for hydroxylation is 2. The Hall–Kier alpha value is -0.0200. The number of hydrogen-bond acceptors (Lipinski definition) is 1. The van der Waals surface area contributed by atoms with Crippen molar-refractivity contribution < 1.29 is 0 Å². The lowest BCUT2D eigenvalue weighted by Gasteiger charge is -2.09. The highest BCUT2D eigenvalue weighted by Crippen LogP contribution is 2.38. The van der Waals surface area contributed by atoms with Gasteiger partial charge in [-0.3, -0.25) is 0 Å². The largest absolute Gasteiger partial charge is 0.143 e. The Bertz CT molecular complexity index is 529. The van der Waals surface area contributed by atoms with E-state index in [1.165, 1.54) is 4.88 Å². The molecule has 0 saturated heterocycles. The van der Waals surface area contributed by atoms with Gasteiger partial charge < -0.3 is 0 Å². The van der Waals surface area contributed by atoms with Crippen molar-refractivity contribution in [1.82, 2.24) is 0 Å². The first-order valence-electron chi connectivity index (χ1n) is 5.15. The summed E-state index contributed by atoms with van der Waals surface area (Å²) in [6.07, 6.45) is 0. The summed E-state index contributed by atoms with van der Waals surface area (Å²) in [5.41, 5.74) is 2.14. The van der Waals surface area contributed by atoms with Gasteiger partial charge in [0.25, 0.3) is 0 Å². The van der Waals surface area contributed by atoms with Crippen LogP contribution in [0.3, 0.4) is 0 Å². The molecule has 0 aliphatic rings. The molecule has 90 valence electrons. The zero-order valence-corrected chi connectivity index (χ0v) is 13.3. The van der Waals surface area contributed by atoms with Gasteiger partial charge in [-0.15, -0.1) is 22.9 Å². The lowest BCUT2D eigenvalue weighted by atomic mass is 10.1. The van der Waals surface area contributed by atoms with Gasteiger partial charge in [0.15, 0.2) is 0 Å². The minimum atomic E-state index is -0.110. The molecule has 1 aromatic carbocycles. The van der Waals surface area contributed by atoms with Crippen LogP contribution in [-0.2, 0) is 0 Å². The Balaban J connectivity index is 2.36. The van der Waals surface area contributed by atoms with Crippen LogP contribution < -0.4 is 0 Å². The molecule has 0 aliphatic carbocycles. The fourth-order valence-electron chi connectivity index (χ4n) is 1.60. The molecule has 0 nitrogen and oxygen atoms in total. The van der Waals surface area contributed by atoms with E-state index in [1.807, 2.05) is 25.1 Å². The molecule has 0 N–H and O–H groups in total. The number of thiophene rings is 1. The van der Waals surface area contributed by atoms with Gasteiger partial charge in [-0.1, -0.05) is 23.7 Å². The van der Waals surface area contributed by atoms with E-state index >= 15 is 0 Å². The van der Waals surface area contributed by atoms with E-state index in [-0.39, 0.29) is 5.38 Å². The molecule has 1 aromatic heterocycles. The highest BCUT2D eigenvalue weighted by molar-refractivity contribution is 9.10. The summed E-state index contributed by atoms with van der Waals surface area (Å²) < 4.78 is 1.12. The van der Waals surface area contributed by atoms with Crippen LogP contribution in [0, 0.1) is 13.8 Å². The predicted octanol–water partition coefficient (Wildman–Crippen LogP) is 6.11. The molecule has 2 aromatic rings. The van der Waals surface area contributed by atoms with Crippen LogP contribution in [0.25, 0.3) is 0 Å². The normalized spacial score (nSPS) is 12.8. The summed E-state index contributed by atoms with van der Waals surface area (Å²) in [7, 11) is 0. The second-order valence-electron chi connectivity index (χ2n) is 3.92. The fourth-order valence-corrected chi connectivity index (χ4v) is 3.61. The van der Waals surface area contributed by atoms with Gasteiger partial charge in [0.05, 0.1) is 5.38 Å². The van der Waals surface area contributed by atoms with Crippen molar-refractivity contribution in [2.24, 2.45) is 0 Å². The fraction of sp³-hybridized carbons (Fsp3) is 0.231. The second kappa shape index (κ2) is 5.31. The number of alkyl halides is 1. The third-order valence-corrected chi connectivity index (χ3v) is 5.84.